The van der Waals surface area contributed by atoms with E-state index < -0.39 is 0 Å². The van der Waals surface area contributed by atoms with E-state index in [1.165, 1.54) is 17.8 Å². The molecule has 6 heteroatoms. The monoisotopic (exact) mass is 304 g/mol. The van der Waals surface area contributed by atoms with Gasteiger partial charge >= 0.3 is 0 Å². The van der Waals surface area contributed by atoms with Crippen molar-refractivity contribution in [3.63, 3.8) is 0 Å². The van der Waals surface area contributed by atoms with Crippen LogP contribution in [0.4, 0.5) is 5.69 Å². The Kier molecular flexibility index (Phi) is 5.24. The molecule has 16 heavy (non-hydrogen) atoms. The molecule has 0 aliphatic rings. The lowest BCUT2D eigenvalue weighted by atomic mass is 10.3. The molecule has 0 aliphatic carbocycles. The van der Waals surface area contributed by atoms with Gasteiger partial charge in [0.15, 0.2) is 0 Å². The predicted molar refractivity (Wildman–Crippen MR) is 70.1 cm³/mol. The second-order valence-corrected chi connectivity index (χ2v) is 5.57. The highest BCUT2D eigenvalue weighted by molar-refractivity contribution is 9.10. The van der Waals surface area contributed by atoms with Crippen molar-refractivity contribution in [3.8, 4) is 0 Å². The molecular weight excluding hydrogens is 292 g/mol. The Balaban J connectivity index is 2.75. The van der Waals surface area contributed by atoms with E-state index in [1.54, 1.807) is 6.07 Å². The molecule has 88 valence electrons. The van der Waals surface area contributed by atoms with Gasteiger partial charge in [0.2, 0.25) is 0 Å². The summed E-state index contributed by atoms with van der Waals surface area (Å²) < 4.78 is 0.733. The first-order chi connectivity index (χ1) is 7.50. The summed E-state index contributed by atoms with van der Waals surface area (Å²) >= 11 is 4.74. The number of rotatable bonds is 5. The van der Waals surface area contributed by atoms with E-state index in [9.17, 15) is 10.1 Å². The maximum atomic E-state index is 10.8. The average Bonchev–Trinajstić information content (AvgIpc) is 2.19. The molecule has 0 atom stereocenters. The molecular formula is C10H13BrN2O2S. The first-order valence-corrected chi connectivity index (χ1v) is 6.50. The van der Waals surface area contributed by atoms with E-state index in [-0.39, 0.29) is 10.6 Å². The topological polar surface area (TPSA) is 46.4 Å². The quantitative estimate of drug-likeness (QED) is 0.476. The summed E-state index contributed by atoms with van der Waals surface area (Å²) in [5.41, 5.74) is 0.165. The van der Waals surface area contributed by atoms with Crippen LogP contribution in [0.25, 0.3) is 0 Å². The fraction of sp³-hybridized carbons (Fsp3) is 0.400. The molecule has 0 N–H and O–H groups in total. The minimum Gasteiger partial charge on any atom is -0.309 e. The van der Waals surface area contributed by atoms with Gasteiger partial charge in [-0.1, -0.05) is 15.9 Å². The molecule has 1 aromatic carbocycles. The van der Waals surface area contributed by atoms with Crippen LogP contribution < -0.4 is 0 Å². The summed E-state index contributed by atoms with van der Waals surface area (Å²) in [7, 11) is 3.97. The smallest absolute Gasteiger partial charge is 0.283 e. The van der Waals surface area contributed by atoms with Gasteiger partial charge in [-0.05, 0) is 26.2 Å². The highest BCUT2D eigenvalue weighted by Gasteiger charge is 2.14. The summed E-state index contributed by atoms with van der Waals surface area (Å²) in [5.74, 6) is 0.843. The number of nitrogens with zero attached hydrogens (tertiary/aromatic N) is 2. The van der Waals surface area contributed by atoms with E-state index in [1.807, 2.05) is 20.2 Å². The van der Waals surface area contributed by atoms with Crippen LogP contribution in [0.3, 0.4) is 0 Å². The van der Waals surface area contributed by atoms with Gasteiger partial charge in [-0.15, -0.1) is 11.8 Å². The Labute approximate surface area is 107 Å². The van der Waals surface area contributed by atoms with Crippen LogP contribution >= 0.6 is 27.7 Å². The zero-order valence-corrected chi connectivity index (χ0v) is 11.5. The Morgan fingerprint density at radius 1 is 1.50 bits per heavy atom. The van der Waals surface area contributed by atoms with E-state index in [4.69, 9.17) is 0 Å². The molecule has 0 radical (unpaired) electrons. The van der Waals surface area contributed by atoms with Gasteiger partial charge in [0.1, 0.15) is 0 Å². The van der Waals surface area contributed by atoms with E-state index in [0.29, 0.717) is 0 Å². The second-order valence-electron chi connectivity index (χ2n) is 3.52. The van der Waals surface area contributed by atoms with Gasteiger partial charge in [0.05, 0.1) is 9.82 Å². The molecule has 0 heterocycles. The highest BCUT2D eigenvalue weighted by atomic mass is 79.9. The molecule has 0 amide bonds. The zero-order valence-electron chi connectivity index (χ0n) is 9.14. The lowest BCUT2D eigenvalue weighted by molar-refractivity contribution is -0.387. The third-order valence-electron chi connectivity index (χ3n) is 1.91. The summed E-state index contributed by atoms with van der Waals surface area (Å²) in [6, 6.07) is 5.14. The van der Waals surface area contributed by atoms with Crippen molar-refractivity contribution in [1.29, 1.82) is 0 Å². The fourth-order valence-electron chi connectivity index (χ4n) is 1.09. The Hall–Kier alpha value is -0.590. The number of hydrogen-bond acceptors (Lipinski definition) is 4. The van der Waals surface area contributed by atoms with Crippen LogP contribution in [0, 0.1) is 10.1 Å². The molecule has 1 aromatic rings. The molecule has 0 spiro atoms. The minimum absolute atomic E-state index is 0.165. The molecule has 0 fully saturated rings. The Morgan fingerprint density at radius 3 is 2.75 bits per heavy atom. The molecule has 0 bridgehead atoms. The molecule has 0 aliphatic heterocycles. The van der Waals surface area contributed by atoms with Gasteiger partial charge in [-0.3, -0.25) is 10.1 Å². The van der Waals surface area contributed by atoms with Crippen LogP contribution in [0.1, 0.15) is 0 Å². The number of thioether (sulfide) groups is 1. The summed E-state index contributed by atoms with van der Waals surface area (Å²) in [6.45, 7) is 0.901. The standard InChI is InChI=1S/C10H13BrN2O2S/c1-12(2)5-6-16-10-4-3-8(11)7-9(10)13(14)15/h3-4,7H,5-6H2,1-2H3. The maximum absolute atomic E-state index is 10.8. The third-order valence-corrected chi connectivity index (χ3v) is 3.45. The van der Waals surface area contributed by atoms with Crippen molar-refractivity contribution in [2.75, 3.05) is 26.4 Å². The number of halogens is 1. The Morgan fingerprint density at radius 2 is 2.19 bits per heavy atom. The van der Waals surface area contributed by atoms with Crippen LogP contribution in [0.5, 0.6) is 0 Å². The first-order valence-electron chi connectivity index (χ1n) is 4.72. The van der Waals surface area contributed by atoms with Crippen LogP contribution in [0.2, 0.25) is 0 Å². The zero-order chi connectivity index (χ0) is 12.1. The average molecular weight is 305 g/mol. The van der Waals surface area contributed by atoms with E-state index in [2.05, 4.69) is 20.8 Å². The van der Waals surface area contributed by atoms with Gasteiger partial charge in [-0.2, -0.15) is 0 Å². The van der Waals surface area contributed by atoms with Crippen molar-refractivity contribution in [3.05, 3.63) is 32.8 Å². The number of hydrogen-bond donors (Lipinski definition) is 0. The van der Waals surface area contributed by atoms with E-state index in [0.717, 1.165) is 21.7 Å². The lowest BCUT2D eigenvalue weighted by Crippen LogP contribution is -2.14. The molecule has 0 saturated heterocycles. The minimum atomic E-state index is -0.344. The first kappa shape index (κ1) is 13.5. The van der Waals surface area contributed by atoms with Crippen molar-refractivity contribution < 1.29 is 4.92 Å². The van der Waals surface area contributed by atoms with Gasteiger partial charge < -0.3 is 4.90 Å². The van der Waals surface area contributed by atoms with Crippen molar-refractivity contribution in [1.82, 2.24) is 4.90 Å². The largest absolute Gasteiger partial charge is 0.309 e. The van der Waals surface area contributed by atoms with E-state index >= 15 is 0 Å². The predicted octanol–water partition coefficient (Wildman–Crippen LogP) is 3.01. The van der Waals surface area contributed by atoms with Gasteiger partial charge in [-0.25, -0.2) is 0 Å². The molecule has 0 aromatic heterocycles. The normalized spacial score (nSPS) is 10.8. The molecule has 0 unspecified atom stereocenters. The fourth-order valence-corrected chi connectivity index (χ4v) is 2.56. The van der Waals surface area contributed by atoms with Crippen LogP contribution in [-0.4, -0.2) is 36.2 Å². The lowest BCUT2D eigenvalue weighted by Gasteiger charge is -2.08. The molecule has 0 saturated carbocycles. The highest BCUT2D eigenvalue weighted by Crippen LogP contribution is 2.31. The van der Waals surface area contributed by atoms with Crippen LogP contribution in [-0.2, 0) is 0 Å². The summed E-state index contributed by atoms with van der Waals surface area (Å²) in [5, 5.41) is 10.8. The van der Waals surface area contributed by atoms with Crippen LogP contribution in [0.15, 0.2) is 27.6 Å². The van der Waals surface area contributed by atoms with Gasteiger partial charge in [0, 0.05) is 22.8 Å². The second kappa shape index (κ2) is 6.22. The molecule has 4 nitrogen and oxygen atoms in total. The SMILES string of the molecule is CN(C)CCSc1ccc(Br)cc1[N+](=O)[O-]. The number of nitro groups is 1. The van der Waals surface area contributed by atoms with Crippen molar-refractivity contribution >= 4 is 33.4 Å². The Bertz CT molecular complexity index is 385. The number of benzene rings is 1. The summed E-state index contributed by atoms with van der Waals surface area (Å²) in [4.78, 5) is 13.3. The maximum Gasteiger partial charge on any atom is 0.283 e. The third kappa shape index (κ3) is 4.11. The molecule has 1 rings (SSSR count). The van der Waals surface area contributed by atoms with Crippen molar-refractivity contribution in [2.24, 2.45) is 0 Å². The van der Waals surface area contributed by atoms with Crippen molar-refractivity contribution in [2.45, 2.75) is 4.90 Å². The van der Waals surface area contributed by atoms with Gasteiger partial charge in [0.25, 0.3) is 5.69 Å². The summed E-state index contributed by atoms with van der Waals surface area (Å²) in [6.07, 6.45) is 0. The number of nitro benzene ring substituents is 1.